The number of ether oxygens (including phenoxy) is 2. The van der Waals surface area contributed by atoms with Crippen LogP contribution in [-0.2, 0) is 28.7 Å². The molecule has 0 fully saturated rings. The number of esters is 2. The summed E-state index contributed by atoms with van der Waals surface area (Å²) < 4.78 is 11.4. The molecule has 0 saturated heterocycles. The second kappa shape index (κ2) is 42.0. The number of hydrogen-bond acceptors (Lipinski definition) is 7. The number of unbranched alkanes of at least 4 members (excludes halogenated alkanes) is 20. The normalized spacial score (nSPS) is 12.9. The molecule has 0 aliphatic carbocycles. The second-order valence-electron chi connectivity index (χ2n) is 17.0. The maximum Gasteiger partial charge on any atom is 0.305 e. The molecule has 3 unspecified atom stereocenters. The molecule has 0 aromatic carbocycles. The van der Waals surface area contributed by atoms with E-state index in [1.54, 1.807) is 0 Å². The molecule has 336 valence electrons. The van der Waals surface area contributed by atoms with Crippen LogP contribution >= 0.6 is 0 Å². The van der Waals surface area contributed by atoms with Gasteiger partial charge in [0.25, 0.3) is 0 Å². The molecule has 0 rings (SSSR count). The van der Waals surface area contributed by atoms with Gasteiger partial charge in [-0.25, -0.2) is 0 Å². The number of amides is 2. The quantitative estimate of drug-likeness (QED) is 0.0412. The van der Waals surface area contributed by atoms with E-state index in [9.17, 15) is 19.2 Å². The predicted octanol–water partition coefficient (Wildman–Crippen LogP) is 11.8. The summed E-state index contributed by atoms with van der Waals surface area (Å²) in [7, 11) is 0. The molecule has 3 atom stereocenters. The first kappa shape index (κ1) is 54.8. The van der Waals surface area contributed by atoms with E-state index >= 15 is 0 Å². The van der Waals surface area contributed by atoms with Gasteiger partial charge in [-0.1, -0.05) is 169 Å². The molecule has 9 heteroatoms. The highest BCUT2D eigenvalue weighted by atomic mass is 16.5. The minimum absolute atomic E-state index is 0.0686. The van der Waals surface area contributed by atoms with Crippen molar-refractivity contribution in [2.24, 2.45) is 17.6 Å². The largest absolute Gasteiger partial charge is 0.465 e. The van der Waals surface area contributed by atoms with Crippen LogP contribution in [0.3, 0.4) is 0 Å². The van der Waals surface area contributed by atoms with Crippen molar-refractivity contribution in [3.8, 4) is 0 Å². The standard InChI is InChI=1S/C48H93N3O6/c1-5-9-13-17-19-25-33-42(31-23-15-11-7-3)40-56-46(53)35-27-21-29-37-50-45(52)39-44(49)48(55)51-38-30-22-28-36-47(54)57-41-43(32-24-16-12-8-4)34-26-20-18-14-10-6-2/h42-44H,5-41,49H2,1-4H3,(H,50,52)(H,51,55). The van der Waals surface area contributed by atoms with Gasteiger partial charge in [0.05, 0.1) is 25.7 Å². The average molecular weight is 808 g/mol. The predicted molar refractivity (Wildman–Crippen MR) is 238 cm³/mol. The number of hydrogen-bond donors (Lipinski definition) is 3. The Morgan fingerprint density at radius 3 is 1.18 bits per heavy atom. The molecular formula is C48H93N3O6. The fourth-order valence-electron chi connectivity index (χ4n) is 7.41. The van der Waals surface area contributed by atoms with Gasteiger partial charge in [-0.3, -0.25) is 19.2 Å². The van der Waals surface area contributed by atoms with Crippen LogP contribution in [-0.4, -0.2) is 56.1 Å². The summed E-state index contributed by atoms with van der Waals surface area (Å²) in [4.78, 5) is 49.7. The Labute approximate surface area is 351 Å². The Morgan fingerprint density at radius 1 is 0.439 bits per heavy atom. The van der Waals surface area contributed by atoms with Gasteiger partial charge in [0.15, 0.2) is 0 Å². The van der Waals surface area contributed by atoms with Crippen molar-refractivity contribution in [2.45, 2.75) is 246 Å². The number of rotatable bonds is 43. The lowest BCUT2D eigenvalue weighted by Gasteiger charge is -2.17. The fraction of sp³-hybridized carbons (Fsp3) is 0.917. The van der Waals surface area contributed by atoms with Crippen LogP contribution in [0.2, 0.25) is 0 Å². The molecule has 2 amide bonds. The molecule has 0 spiro atoms. The van der Waals surface area contributed by atoms with Gasteiger partial charge >= 0.3 is 11.9 Å². The molecule has 0 aromatic rings. The molecule has 0 radical (unpaired) electrons. The van der Waals surface area contributed by atoms with Gasteiger partial charge in [0, 0.05) is 25.9 Å². The number of nitrogens with two attached hydrogens (primary N) is 1. The van der Waals surface area contributed by atoms with Crippen LogP contribution in [0.25, 0.3) is 0 Å². The lowest BCUT2D eigenvalue weighted by Crippen LogP contribution is -2.44. The molecule has 9 nitrogen and oxygen atoms in total. The first-order chi connectivity index (χ1) is 27.8. The molecular weight excluding hydrogens is 715 g/mol. The van der Waals surface area contributed by atoms with E-state index < -0.39 is 6.04 Å². The lowest BCUT2D eigenvalue weighted by atomic mass is 9.95. The Hall–Kier alpha value is -2.16. The van der Waals surface area contributed by atoms with Crippen LogP contribution in [0.5, 0.6) is 0 Å². The highest BCUT2D eigenvalue weighted by Gasteiger charge is 2.18. The smallest absolute Gasteiger partial charge is 0.305 e. The van der Waals surface area contributed by atoms with E-state index in [2.05, 4.69) is 38.3 Å². The zero-order chi connectivity index (χ0) is 42.0. The molecule has 0 saturated carbocycles. The molecule has 0 aliphatic rings. The highest BCUT2D eigenvalue weighted by Crippen LogP contribution is 2.21. The van der Waals surface area contributed by atoms with Crippen molar-refractivity contribution in [3.63, 3.8) is 0 Å². The average Bonchev–Trinajstić information content (AvgIpc) is 3.20. The van der Waals surface area contributed by atoms with E-state index in [0.29, 0.717) is 51.0 Å². The number of carbonyl (C=O) groups excluding carboxylic acids is 4. The van der Waals surface area contributed by atoms with Gasteiger partial charge in [0.2, 0.25) is 11.8 Å². The van der Waals surface area contributed by atoms with Crippen molar-refractivity contribution in [2.75, 3.05) is 26.3 Å². The number of nitrogens with one attached hydrogen (secondary N) is 2. The van der Waals surface area contributed by atoms with Crippen molar-refractivity contribution < 1.29 is 28.7 Å². The third kappa shape index (κ3) is 37.8. The Morgan fingerprint density at radius 2 is 0.772 bits per heavy atom. The van der Waals surface area contributed by atoms with Crippen LogP contribution < -0.4 is 16.4 Å². The lowest BCUT2D eigenvalue weighted by molar-refractivity contribution is -0.146. The van der Waals surface area contributed by atoms with Crippen LogP contribution in [0.1, 0.15) is 240 Å². The topological polar surface area (TPSA) is 137 Å². The molecule has 0 bridgehead atoms. The third-order valence-electron chi connectivity index (χ3n) is 11.3. The fourth-order valence-corrected chi connectivity index (χ4v) is 7.41. The van der Waals surface area contributed by atoms with E-state index in [1.165, 1.54) is 128 Å². The van der Waals surface area contributed by atoms with Crippen LogP contribution in [0.15, 0.2) is 0 Å². The molecule has 57 heavy (non-hydrogen) atoms. The van der Waals surface area contributed by atoms with Crippen molar-refractivity contribution in [1.29, 1.82) is 0 Å². The third-order valence-corrected chi connectivity index (χ3v) is 11.3. The SMILES string of the molecule is CCCCCCCCC(CCCCCC)COC(=O)CCCCCNC(=O)CC(N)C(=O)NCCCCCC(=O)OCC(CCCCCC)CCCCCCCC. The maximum atomic E-state index is 12.4. The van der Waals surface area contributed by atoms with Gasteiger partial charge in [-0.2, -0.15) is 0 Å². The zero-order valence-electron chi connectivity index (χ0n) is 37.9. The first-order valence-electron chi connectivity index (χ1n) is 24.4. The molecule has 4 N–H and O–H groups in total. The van der Waals surface area contributed by atoms with E-state index in [-0.39, 0.29) is 30.2 Å². The maximum absolute atomic E-state index is 12.4. The van der Waals surface area contributed by atoms with Crippen molar-refractivity contribution in [3.05, 3.63) is 0 Å². The van der Waals surface area contributed by atoms with Gasteiger partial charge in [-0.05, 0) is 63.2 Å². The van der Waals surface area contributed by atoms with E-state index in [4.69, 9.17) is 15.2 Å². The minimum Gasteiger partial charge on any atom is -0.465 e. The summed E-state index contributed by atoms with van der Waals surface area (Å²) in [6.07, 6.45) is 35.3. The Balaban J connectivity index is 4.07. The number of carbonyl (C=O) groups is 4. The van der Waals surface area contributed by atoms with E-state index in [1.807, 2.05) is 0 Å². The summed E-state index contributed by atoms with van der Waals surface area (Å²) in [6, 6.07) is -0.905. The van der Waals surface area contributed by atoms with Gasteiger partial charge in [-0.15, -0.1) is 0 Å². The van der Waals surface area contributed by atoms with Crippen LogP contribution in [0.4, 0.5) is 0 Å². The summed E-state index contributed by atoms with van der Waals surface area (Å²) in [5, 5.41) is 5.67. The molecule has 0 aliphatic heterocycles. The summed E-state index contributed by atoms with van der Waals surface area (Å²) >= 11 is 0. The minimum atomic E-state index is -0.905. The first-order valence-corrected chi connectivity index (χ1v) is 24.4. The monoisotopic (exact) mass is 808 g/mol. The Kier molecular flexibility index (Phi) is 40.4. The van der Waals surface area contributed by atoms with E-state index in [0.717, 1.165) is 64.2 Å². The second-order valence-corrected chi connectivity index (χ2v) is 17.0. The molecule has 0 aromatic heterocycles. The summed E-state index contributed by atoms with van der Waals surface area (Å²) in [6.45, 7) is 11.0. The van der Waals surface area contributed by atoms with Gasteiger partial charge in [0.1, 0.15) is 0 Å². The molecule has 0 heterocycles. The highest BCUT2D eigenvalue weighted by molar-refractivity contribution is 5.88. The summed E-state index contributed by atoms with van der Waals surface area (Å²) in [5.74, 6) is 0.103. The van der Waals surface area contributed by atoms with Crippen molar-refractivity contribution >= 4 is 23.8 Å². The van der Waals surface area contributed by atoms with Crippen molar-refractivity contribution in [1.82, 2.24) is 10.6 Å². The van der Waals surface area contributed by atoms with Gasteiger partial charge < -0.3 is 25.8 Å². The zero-order valence-corrected chi connectivity index (χ0v) is 37.9. The Bertz CT molecular complexity index is 947. The van der Waals surface area contributed by atoms with Crippen LogP contribution in [0, 0.1) is 11.8 Å². The summed E-state index contributed by atoms with van der Waals surface area (Å²) in [5.41, 5.74) is 6.00.